The number of esters is 1. The van der Waals surface area contributed by atoms with Crippen LogP contribution in [0.4, 0.5) is 0 Å². The first kappa shape index (κ1) is 72.6. The molecule has 0 heterocycles. The van der Waals surface area contributed by atoms with Crippen LogP contribution in [0.25, 0.3) is 0 Å². The van der Waals surface area contributed by atoms with Crippen molar-refractivity contribution in [3.8, 4) is 0 Å². The first-order valence-corrected chi connectivity index (χ1v) is 33.9. The van der Waals surface area contributed by atoms with Crippen molar-refractivity contribution in [2.45, 2.75) is 398 Å². The summed E-state index contributed by atoms with van der Waals surface area (Å²) in [4.78, 5) is 24.6. The fourth-order valence-corrected chi connectivity index (χ4v) is 10.9. The number of allylic oxidation sites excluding steroid dienone is 2. The second kappa shape index (κ2) is 64.1. The molecular weight excluding hydrogens is 911 g/mol. The fourth-order valence-electron chi connectivity index (χ4n) is 10.9. The Kier molecular flexibility index (Phi) is 62.9. The highest BCUT2D eigenvalue weighted by atomic mass is 16.5. The number of rotatable bonds is 64. The Morgan fingerprint density at radius 1 is 0.365 bits per heavy atom. The lowest BCUT2D eigenvalue weighted by Gasteiger charge is -2.22. The second-order valence-electron chi connectivity index (χ2n) is 23.5. The van der Waals surface area contributed by atoms with Gasteiger partial charge in [0.05, 0.1) is 25.4 Å². The first-order valence-electron chi connectivity index (χ1n) is 33.9. The van der Waals surface area contributed by atoms with E-state index in [2.05, 4.69) is 31.3 Å². The minimum Gasteiger partial charge on any atom is -0.466 e. The van der Waals surface area contributed by atoms with Crippen molar-refractivity contribution in [1.82, 2.24) is 5.32 Å². The van der Waals surface area contributed by atoms with E-state index in [-0.39, 0.29) is 18.5 Å². The zero-order valence-electron chi connectivity index (χ0n) is 50.4. The number of ether oxygens (including phenoxy) is 1. The molecule has 0 aromatic rings. The van der Waals surface area contributed by atoms with Crippen LogP contribution in [0.15, 0.2) is 12.2 Å². The molecule has 0 fully saturated rings. The molecule has 0 saturated carbocycles. The number of unbranched alkanes of at least 4 members (excludes halogenated alkanes) is 51. The van der Waals surface area contributed by atoms with Gasteiger partial charge in [0.25, 0.3) is 0 Å². The van der Waals surface area contributed by atoms with E-state index in [0.717, 1.165) is 38.5 Å². The molecule has 2 atom stereocenters. The van der Waals surface area contributed by atoms with Gasteiger partial charge in [-0.3, -0.25) is 9.59 Å². The van der Waals surface area contributed by atoms with Crippen molar-refractivity contribution in [2.75, 3.05) is 13.2 Å². The van der Waals surface area contributed by atoms with Gasteiger partial charge in [0.1, 0.15) is 0 Å². The van der Waals surface area contributed by atoms with Gasteiger partial charge in [-0.2, -0.15) is 0 Å². The lowest BCUT2D eigenvalue weighted by atomic mass is 10.0. The average Bonchev–Trinajstić information content (AvgIpc) is 3.40. The molecule has 0 spiro atoms. The van der Waals surface area contributed by atoms with Gasteiger partial charge in [0, 0.05) is 12.8 Å². The molecule has 0 aliphatic heterocycles. The minimum absolute atomic E-state index is 0.0160. The minimum atomic E-state index is -0.662. The Morgan fingerprint density at radius 2 is 0.635 bits per heavy atom. The van der Waals surface area contributed by atoms with E-state index < -0.39 is 12.1 Å². The van der Waals surface area contributed by atoms with E-state index in [9.17, 15) is 19.8 Å². The number of carbonyl (C=O) groups is 2. The fraction of sp³-hybridized carbons (Fsp3) is 0.941. The Morgan fingerprint density at radius 3 is 0.959 bits per heavy atom. The molecule has 74 heavy (non-hydrogen) atoms. The van der Waals surface area contributed by atoms with Crippen LogP contribution in [-0.4, -0.2) is 47.4 Å². The summed E-state index contributed by atoms with van der Waals surface area (Å²) < 4.78 is 5.51. The van der Waals surface area contributed by atoms with Crippen molar-refractivity contribution in [3.63, 3.8) is 0 Å². The maximum atomic E-state index is 12.5. The summed E-state index contributed by atoms with van der Waals surface area (Å²) in [7, 11) is 0. The maximum Gasteiger partial charge on any atom is 0.305 e. The van der Waals surface area contributed by atoms with Gasteiger partial charge in [0.15, 0.2) is 0 Å². The summed E-state index contributed by atoms with van der Waals surface area (Å²) in [6.07, 6.45) is 78.2. The number of nitrogens with one attached hydrogen (secondary N) is 1. The molecule has 3 N–H and O–H groups in total. The van der Waals surface area contributed by atoms with E-state index in [4.69, 9.17) is 4.74 Å². The highest BCUT2D eigenvalue weighted by Gasteiger charge is 2.20. The van der Waals surface area contributed by atoms with Crippen molar-refractivity contribution in [1.29, 1.82) is 0 Å². The lowest BCUT2D eigenvalue weighted by Crippen LogP contribution is -2.45. The van der Waals surface area contributed by atoms with Crippen LogP contribution in [-0.2, 0) is 14.3 Å². The van der Waals surface area contributed by atoms with Gasteiger partial charge < -0.3 is 20.3 Å². The quantitative estimate of drug-likeness (QED) is 0.0320. The van der Waals surface area contributed by atoms with Gasteiger partial charge in [0.2, 0.25) is 5.91 Å². The zero-order chi connectivity index (χ0) is 53.6. The third-order valence-corrected chi connectivity index (χ3v) is 16.1. The van der Waals surface area contributed by atoms with Crippen LogP contribution in [0.1, 0.15) is 386 Å². The zero-order valence-corrected chi connectivity index (χ0v) is 50.4. The summed E-state index contributed by atoms with van der Waals surface area (Å²) in [5, 5.41) is 23.3. The highest BCUT2D eigenvalue weighted by molar-refractivity contribution is 5.76. The lowest BCUT2D eigenvalue weighted by molar-refractivity contribution is -0.143. The number of amides is 1. The molecule has 0 aliphatic carbocycles. The standard InChI is InChI=1S/C68H133NO5/c1-3-5-7-9-11-13-15-17-19-20-27-31-34-38-42-46-50-54-58-62-68(73)74-63-59-55-51-47-43-39-35-32-29-26-24-22-21-23-25-28-30-33-37-41-45-49-53-57-61-67(72)69-65(64-70)66(71)60-56-52-48-44-40-36-18-16-14-12-10-8-6-4-2/h17,19,65-66,70-71H,3-16,18,20-64H2,1-2H3,(H,69,72)/b19-17-. The summed E-state index contributed by atoms with van der Waals surface area (Å²) in [5.74, 6) is -0.0151. The van der Waals surface area contributed by atoms with Crippen molar-refractivity contribution < 1.29 is 24.5 Å². The molecule has 0 aliphatic rings. The van der Waals surface area contributed by atoms with Crippen LogP contribution in [0, 0.1) is 0 Å². The van der Waals surface area contributed by atoms with Gasteiger partial charge in [-0.25, -0.2) is 0 Å². The van der Waals surface area contributed by atoms with Crippen LogP contribution >= 0.6 is 0 Å². The topological polar surface area (TPSA) is 95.9 Å². The molecule has 0 saturated heterocycles. The summed E-state index contributed by atoms with van der Waals surface area (Å²) in [5.41, 5.74) is 0. The number of carbonyl (C=O) groups excluding carboxylic acids is 2. The van der Waals surface area contributed by atoms with E-state index in [0.29, 0.717) is 25.9 Å². The number of aliphatic hydroxyl groups is 2. The number of hydrogen-bond acceptors (Lipinski definition) is 5. The average molecular weight is 1040 g/mol. The third-order valence-electron chi connectivity index (χ3n) is 16.1. The molecule has 0 rings (SSSR count). The summed E-state index contributed by atoms with van der Waals surface area (Å²) >= 11 is 0. The van der Waals surface area contributed by atoms with Crippen molar-refractivity contribution in [3.05, 3.63) is 12.2 Å². The Bertz CT molecular complexity index is 1110. The SMILES string of the molecule is CCCCCCCC/C=C\CCCCCCCCCCCC(=O)OCCCCCCCCCCCCCCCCCCCCCCCCCCC(=O)NC(CO)C(O)CCCCCCCCCCCCCCCC. The van der Waals surface area contributed by atoms with E-state index in [1.807, 2.05) is 0 Å². The van der Waals surface area contributed by atoms with Gasteiger partial charge >= 0.3 is 5.97 Å². The van der Waals surface area contributed by atoms with Crippen LogP contribution in [0.5, 0.6) is 0 Å². The highest BCUT2D eigenvalue weighted by Crippen LogP contribution is 2.19. The maximum absolute atomic E-state index is 12.5. The van der Waals surface area contributed by atoms with Crippen molar-refractivity contribution >= 4 is 11.9 Å². The summed E-state index contributed by atoms with van der Waals surface area (Å²) in [6.45, 7) is 4.98. The Hall–Kier alpha value is -1.40. The number of aliphatic hydroxyl groups excluding tert-OH is 2. The molecule has 6 heteroatoms. The molecule has 1 amide bonds. The Labute approximate surface area is 463 Å². The van der Waals surface area contributed by atoms with E-state index in [1.165, 1.54) is 315 Å². The predicted molar refractivity (Wildman–Crippen MR) is 324 cm³/mol. The predicted octanol–water partition coefficient (Wildman–Crippen LogP) is 21.6. The van der Waals surface area contributed by atoms with Crippen LogP contribution < -0.4 is 5.32 Å². The normalized spacial score (nSPS) is 12.5. The molecule has 6 nitrogen and oxygen atoms in total. The molecule has 0 bridgehead atoms. The monoisotopic (exact) mass is 1040 g/mol. The van der Waals surface area contributed by atoms with Crippen molar-refractivity contribution in [2.24, 2.45) is 0 Å². The molecule has 0 aromatic heterocycles. The van der Waals surface area contributed by atoms with Crippen LogP contribution in [0.2, 0.25) is 0 Å². The molecule has 440 valence electrons. The summed E-state index contributed by atoms with van der Waals surface area (Å²) in [6, 6.07) is -0.539. The molecule has 0 aromatic carbocycles. The molecule has 2 unspecified atom stereocenters. The second-order valence-corrected chi connectivity index (χ2v) is 23.5. The molecular formula is C68H133NO5. The largest absolute Gasteiger partial charge is 0.466 e. The van der Waals surface area contributed by atoms with Gasteiger partial charge in [-0.05, 0) is 51.4 Å². The van der Waals surface area contributed by atoms with E-state index in [1.54, 1.807) is 0 Å². The van der Waals surface area contributed by atoms with Gasteiger partial charge in [-0.15, -0.1) is 0 Å². The van der Waals surface area contributed by atoms with Gasteiger partial charge in [-0.1, -0.05) is 334 Å². The number of hydrogen-bond donors (Lipinski definition) is 3. The molecule has 0 radical (unpaired) electrons. The first-order chi connectivity index (χ1) is 36.5. The van der Waals surface area contributed by atoms with E-state index >= 15 is 0 Å². The smallest absolute Gasteiger partial charge is 0.305 e. The van der Waals surface area contributed by atoms with Crippen LogP contribution in [0.3, 0.4) is 0 Å². The third kappa shape index (κ3) is 59.8. The Balaban J connectivity index is 3.33.